The van der Waals surface area contributed by atoms with Gasteiger partial charge in [0.25, 0.3) is 5.91 Å². The number of likely N-dealkylation sites (N-methyl/N-ethyl adjacent to an activating group) is 1. The number of nitrogens with one attached hydrogen (secondary N) is 2. The summed E-state index contributed by atoms with van der Waals surface area (Å²) in [6.07, 6.45) is 1.87. The van der Waals surface area contributed by atoms with Crippen molar-refractivity contribution in [3.63, 3.8) is 0 Å². The Morgan fingerprint density at radius 2 is 2.06 bits per heavy atom. The minimum absolute atomic E-state index is 0.0631. The van der Waals surface area contributed by atoms with E-state index in [1.165, 1.54) is 12.1 Å². The molecule has 1 atom stereocenters. The number of hydrogen-bond donors (Lipinski definition) is 2. The SMILES string of the molecule is CN1CCCC1(C)C(=O)NNc1ccc(F)cc1. The monoisotopic (exact) mass is 251 g/mol. The highest BCUT2D eigenvalue weighted by Gasteiger charge is 2.40. The third-order valence-corrected chi connectivity index (χ3v) is 3.65. The van der Waals surface area contributed by atoms with Crippen molar-refractivity contribution in [1.82, 2.24) is 10.3 Å². The Labute approximate surface area is 106 Å². The first-order chi connectivity index (χ1) is 8.52. The number of halogens is 1. The van der Waals surface area contributed by atoms with Crippen LogP contribution < -0.4 is 10.9 Å². The highest BCUT2D eigenvalue weighted by atomic mass is 19.1. The molecule has 2 rings (SSSR count). The molecule has 0 aliphatic carbocycles. The lowest BCUT2D eigenvalue weighted by molar-refractivity contribution is -0.129. The predicted octanol–water partition coefficient (Wildman–Crippen LogP) is 1.75. The molecule has 1 aromatic carbocycles. The molecule has 1 amide bonds. The molecule has 1 unspecified atom stereocenters. The molecule has 1 heterocycles. The standard InChI is InChI=1S/C13H18FN3O/c1-13(8-3-9-17(13)2)12(18)16-15-11-6-4-10(14)5-7-11/h4-7,15H,3,8-9H2,1-2H3,(H,16,18). The smallest absolute Gasteiger partial charge is 0.258 e. The average Bonchev–Trinajstić information content (AvgIpc) is 2.70. The van der Waals surface area contributed by atoms with Gasteiger partial charge in [-0.25, -0.2) is 4.39 Å². The van der Waals surface area contributed by atoms with Crippen molar-refractivity contribution in [2.45, 2.75) is 25.3 Å². The molecular formula is C13H18FN3O. The van der Waals surface area contributed by atoms with Crippen LogP contribution in [-0.2, 0) is 4.79 Å². The normalized spacial score (nSPS) is 23.9. The van der Waals surface area contributed by atoms with E-state index in [-0.39, 0.29) is 11.7 Å². The highest BCUT2D eigenvalue weighted by Crippen LogP contribution is 2.27. The molecule has 1 saturated heterocycles. The molecule has 2 N–H and O–H groups in total. The summed E-state index contributed by atoms with van der Waals surface area (Å²) in [6, 6.07) is 5.85. The van der Waals surface area contributed by atoms with Gasteiger partial charge in [0.2, 0.25) is 0 Å². The number of likely N-dealkylation sites (tertiary alicyclic amines) is 1. The summed E-state index contributed by atoms with van der Waals surface area (Å²) in [7, 11) is 1.95. The first kappa shape index (κ1) is 12.8. The number of hydrazine groups is 1. The summed E-state index contributed by atoms with van der Waals surface area (Å²) in [5.74, 6) is -0.360. The van der Waals surface area contributed by atoms with Crippen molar-refractivity contribution in [3.8, 4) is 0 Å². The molecule has 1 aliphatic heterocycles. The Morgan fingerprint density at radius 1 is 1.39 bits per heavy atom. The molecule has 1 fully saturated rings. The van der Waals surface area contributed by atoms with Gasteiger partial charge in [0.1, 0.15) is 5.82 Å². The van der Waals surface area contributed by atoms with E-state index in [0.29, 0.717) is 5.69 Å². The molecule has 0 aromatic heterocycles. The lowest BCUT2D eigenvalue weighted by Gasteiger charge is -2.30. The van der Waals surface area contributed by atoms with E-state index < -0.39 is 5.54 Å². The Balaban J connectivity index is 1.94. The van der Waals surface area contributed by atoms with Crippen molar-refractivity contribution in [2.75, 3.05) is 19.0 Å². The third kappa shape index (κ3) is 2.46. The van der Waals surface area contributed by atoms with Gasteiger partial charge in [-0.15, -0.1) is 0 Å². The lowest BCUT2D eigenvalue weighted by atomic mass is 9.99. The number of anilines is 1. The van der Waals surface area contributed by atoms with Gasteiger partial charge in [0.15, 0.2) is 0 Å². The van der Waals surface area contributed by atoms with Gasteiger partial charge in [-0.05, 0) is 57.6 Å². The number of carbonyl (C=O) groups excluding carboxylic acids is 1. The van der Waals surface area contributed by atoms with Crippen LogP contribution in [0, 0.1) is 5.82 Å². The van der Waals surface area contributed by atoms with Crippen molar-refractivity contribution in [1.29, 1.82) is 0 Å². The van der Waals surface area contributed by atoms with E-state index in [4.69, 9.17) is 0 Å². The topological polar surface area (TPSA) is 44.4 Å². The Kier molecular flexibility index (Phi) is 3.52. The van der Waals surface area contributed by atoms with Crippen LogP contribution in [0.5, 0.6) is 0 Å². The van der Waals surface area contributed by atoms with E-state index in [0.717, 1.165) is 19.4 Å². The lowest BCUT2D eigenvalue weighted by Crippen LogP contribution is -2.53. The van der Waals surface area contributed by atoms with Gasteiger partial charge >= 0.3 is 0 Å². The molecule has 4 nitrogen and oxygen atoms in total. The molecule has 1 aromatic rings. The predicted molar refractivity (Wildman–Crippen MR) is 68.4 cm³/mol. The molecule has 0 radical (unpaired) electrons. The fourth-order valence-electron chi connectivity index (χ4n) is 2.18. The Bertz CT molecular complexity index is 434. The van der Waals surface area contributed by atoms with Crippen molar-refractivity contribution >= 4 is 11.6 Å². The molecular weight excluding hydrogens is 233 g/mol. The maximum absolute atomic E-state index is 12.7. The van der Waals surface area contributed by atoms with Gasteiger partial charge in [0.05, 0.1) is 11.2 Å². The van der Waals surface area contributed by atoms with E-state index in [2.05, 4.69) is 15.8 Å². The maximum Gasteiger partial charge on any atom is 0.258 e. The number of benzene rings is 1. The summed E-state index contributed by atoms with van der Waals surface area (Å²) in [5.41, 5.74) is 5.68. The number of nitrogens with zero attached hydrogens (tertiary/aromatic N) is 1. The van der Waals surface area contributed by atoms with Crippen LogP contribution in [0.4, 0.5) is 10.1 Å². The number of carbonyl (C=O) groups is 1. The fourth-order valence-corrected chi connectivity index (χ4v) is 2.18. The van der Waals surface area contributed by atoms with Crippen molar-refractivity contribution in [2.24, 2.45) is 0 Å². The van der Waals surface area contributed by atoms with Crippen LogP contribution in [0.1, 0.15) is 19.8 Å². The van der Waals surface area contributed by atoms with Crippen LogP contribution in [0.2, 0.25) is 0 Å². The second-order valence-corrected chi connectivity index (χ2v) is 4.88. The van der Waals surface area contributed by atoms with Crippen LogP contribution >= 0.6 is 0 Å². The second-order valence-electron chi connectivity index (χ2n) is 4.88. The molecule has 0 spiro atoms. The third-order valence-electron chi connectivity index (χ3n) is 3.65. The van der Waals surface area contributed by atoms with Gasteiger partial charge in [-0.2, -0.15) is 0 Å². The molecule has 18 heavy (non-hydrogen) atoms. The summed E-state index contributed by atoms with van der Waals surface area (Å²) in [5, 5.41) is 0. The van der Waals surface area contributed by atoms with Crippen LogP contribution in [0.15, 0.2) is 24.3 Å². The largest absolute Gasteiger partial charge is 0.299 e. The zero-order valence-corrected chi connectivity index (χ0v) is 10.7. The van der Waals surface area contributed by atoms with E-state index in [1.807, 2.05) is 14.0 Å². The summed E-state index contributed by atoms with van der Waals surface area (Å²) < 4.78 is 12.7. The minimum Gasteiger partial charge on any atom is -0.299 e. The van der Waals surface area contributed by atoms with E-state index in [1.54, 1.807) is 12.1 Å². The molecule has 1 aliphatic rings. The van der Waals surface area contributed by atoms with Crippen LogP contribution in [0.3, 0.4) is 0 Å². The zero-order chi connectivity index (χ0) is 13.2. The summed E-state index contributed by atoms with van der Waals surface area (Å²) in [6.45, 7) is 2.86. The highest BCUT2D eigenvalue weighted by molar-refractivity contribution is 5.87. The maximum atomic E-state index is 12.7. The minimum atomic E-state index is -0.465. The Hall–Kier alpha value is -1.62. The number of rotatable bonds is 3. The number of amides is 1. The van der Waals surface area contributed by atoms with Gasteiger partial charge in [-0.3, -0.25) is 20.5 Å². The molecule has 98 valence electrons. The first-order valence-corrected chi connectivity index (χ1v) is 6.06. The Morgan fingerprint density at radius 3 is 2.61 bits per heavy atom. The van der Waals surface area contributed by atoms with Crippen LogP contribution in [-0.4, -0.2) is 29.9 Å². The van der Waals surface area contributed by atoms with Gasteiger partial charge < -0.3 is 0 Å². The van der Waals surface area contributed by atoms with E-state index in [9.17, 15) is 9.18 Å². The first-order valence-electron chi connectivity index (χ1n) is 6.06. The molecule has 0 saturated carbocycles. The van der Waals surface area contributed by atoms with Crippen molar-refractivity contribution in [3.05, 3.63) is 30.1 Å². The van der Waals surface area contributed by atoms with Crippen LogP contribution in [0.25, 0.3) is 0 Å². The zero-order valence-electron chi connectivity index (χ0n) is 10.7. The second kappa shape index (κ2) is 4.94. The molecule has 5 heteroatoms. The molecule has 0 bridgehead atoms. The fraction of sp³-hybridized carbons (Fsp3) is 0.462. The van der Waals surface area contributed by atoms with Crippen molar-refractivity contribution < 1.29 is 9.18 Å². The number of hydrogen-bond acceptors (Lipinski definition) is 3. The quantitative estimate of drug-likeness (QED) is 0.804. The summed E-state index contributed by atoms with van der Waals surface area (Å²) in [4.78, 5) is 14.2. The van der Waals surface area contributed by atoms with Gasteiger partial charge in [-0.1, -0.05) is 0 Å². The van der Waals surface area contributed by atoms with Gasteiger partial charge in [0, 0.05) is 0 Å². The van der Waals surface area contributed by atoms with E-state index >= 15 is 0 Å². The average molecular weight is 251 g/mol. The summed E-state index contributed by atoms with van der Waals surface area (Å²) >= 11 is 0.